The fourth-order valence-electron chi connectivity index (χ4n) is 3.17. The summed E-state index contributed by atoms with van der Waals surface area (Å²) in [4.78, 5) is 20.4. The summed E-state index contributed by atoms with van der Waals surface area (Å²) < 4.78 is 0. The monoisotopic (exact) mass is 289 g/mol. The molecular weight excluding hydrogens is 266 g/mol. The Morgan fingerprint density at radius 2 is 1.95 bits per heavy atom. The maximum absolute atomic E-state index is 12.2. The summed E-state index contributed by atoms with van der Waals surface area (Å²) in [5.74, 6) is 0. The number of nitrogens with zero attached hydrogens (tertiary/aromatic N) is 3. The van der Waals surface area contributed by atoms with E-state index in [1.807, 2.05) is 11.0 Å². The van der Waals surface area contributed by atoms with Gasteiger partial charge in [-0.2, -0.15) is 0 Å². The fourth-order valence-corrected chi connectivity index (χ4v) is 3.17. The Balaban J connectivity index is 1.52. The zero-order valence-electron chi connectivity index (χ0n) is 12.3. The van der Waals surface area contributed by atoms with Crippen LogP contribution in [0, 0.1) is 0 Å². The highest BCUT2D eigenvalue weighted by molar-refractivity contribution is 5.75. The number of rotatable bonds is 2. The predicted molar refractivity (Wildman–Crippen MR) is 83.2 cm³/mol. The first-order valence-corrected chi connectivity index (χ1v) is 7.74. The van der Waals surface area contributed by atoms with E-state index < -0.39 is 0 Å². The van der Waals surface area contributed by atoms with Gasteiger partial charge >= 0.3 is 6.03 Å². The summed E-state index contributed by atoms with van der Waals surface area (Å²) in [6.07, 6.45) is 8.15. The lowest BCUT2D eigenvalue weighted by Gasteiger charge is -2.36. The smallest absolute Gasteiger partial charge is 0.317 e. The van der Waals surface area contributed by atoms with Gasteiger partial charge < -0.3 is 20.9 Å². The minimum absolute atomic E-state index is 0.0873. The summed E-state index contributed by atoms with van der Waals surface area (Å²) in [5.41, 5.74) is 7.67. The number of aromatic nitrogens is 1. The molecule has 0 atom stereocenters. The van der Waals surface area contributed by atoms with Crippen LogP contribution >= 0.6 is 0 Å². The average Bonchev–Trinajstić information content (AvgIpc) is 3.01. The first-order chi connectivity index (χ1) is 10.2. The maximum atomic E-state index is 12.2. The van der Waals surface area contributed by atoms with Crippen molar-refractivity contribution >= 4 is 17.4 Å². The van der Waals surface area contributed by atoms with Crippen LogP contribution in [0.3, 0.4) is 0 Å². The number of hydrogen-bond donors (Lipinski definition) is 2. The van der Waals surface area contributed by atoms with E-state index >= 15 is 0 Å². The van der Waals surface area contributed by atoms with Crippen molar-refractivity contribution in [3.8, 4) is 0 Å². The van der Waals surface area contributed by atoms with E-state index in [2.05, 4.69) is 15.2 Å². The third kappa shape index (κ3) is 3.20. The Morgan fingerprint density at radius 1 is 1.24 bits per heavy atom. The molecule has 114 valence electrons. The molecule has 2 aliphatic rings. The van der Waals surface area contributed by atoms with Gasteiger partial charge in [0.15, 0.2) is 0 Å². The molecule has 0 aromatic carbocycles. The van der Waals surface area contributed by atoms with Crippen molar-refractivity contribution in [2.45, 2.75) is 31.7 Å². The molecule has 1 aromatic rings. The molecule has 6 heteroatoms. The molecule has 2 fully saturated rings. The van der Waals surface area contributed by atoms with Crippen molar-refractivity contribution in [1.29, 1.82) is 0 Å². The third-order valence-electron chi connectivity index (χ3n) is 4.42. The first-order valence-electron chi connectivity index (χ1n) is 7.74. The van der Waals surface area contributed by atoms with Crippen LogP contribution in [0.2, 0.25) is 0 Å². The Labute approximate surface area is 125 Å². The highest BCUT2D eigenvalue weighted by Crippen LogP contribution is 2.23. The Hall–Kier alpha value is -1.98. The van der Waals surface area contributed by atoms with Crippen molar-refractivity contribution < 1.29 is 4.79 Å². The Bertz CT molecular complexity index is 493. The second kappa shape index (κ2) is 6.20. The van der Waals surface area contributed by atoms with Gasteiger partial charge in [-0.25, -0.2) is 4.79 Å². The standard InChI is InChI=1S/C15H23N5O/c16-13-11-17-6-5-14(13)19-7-9-20(10-8-19)15(21)18-12-3-1-2-4-12/h5-6,11-12H,1-4,7-10,16H2,(H,18,21). The van der Waals surface area contributed by atoms with Gasteiger partial charge in [0.25, 0.3) is 0 Å². The highest BCUT2D eigenvalue weighted by atomic mass is 16.2. The van der Waals surface area contributed by atoms with Gasteiger partial charge in [0.2, 0.25) is 0 Å². The van der Waals surface area contributed by atoms with E-state index in [4.69, 9.17) is 5.73 Å². The number of piperazine rings is 1. The van der Waals surface area contributed by atoms with Crippen LogP contribution in [0.1, 0.15) is 25.7 Å². The van der Waals surface area contributed by atoms with Gasteiger partial charge in [0, 0.05) is 38.4 Å². The fraction of sp³-hybridized carbons (Fsp3) is 0.600. The van der Waals surface area contributed by atoms with Crippen LogP contribution < -0.4 is 16.0 Å². The van der Waals surface area contributed by atoms with Crippen molar-refractivity contribution in [3.05, 3.63) is 18.5 Å². The number of carbonyl (C=O) groups is 1. The molecule has 1 aromatic heterocycles. The number of hydrogen-bond acceptors (Lipinski definition) is 4. The van der Waals surface area contributed by atoms with Crippen LogP contribution in [0.4, 0.5) is 16.2 Å². The molecule has 0 spiro atoms. The SMILES string of the molecule is Nc1cnccc1N1CCN(C(=O)NC2CCCC2)CC1. The van der Waals surface area contributed by atoms with Crippen molar-refractivity contribution in [3.63, 3.8) is 0 Å². The third-order valence-corrected chi connectivity index (χ3v) is 4.42. The molecule has 3 N–H and O–H groups in total. The molecule has 6 nitrogen and oxygen atoms in total. The van der Waals surface area contributed by atoms with E-state index in [1.165, 1.54) is 12.8 Å². The second-order valence-corrected chi connectivity index (χ2v) is 5.84. The normalized spacial score (nSPS) is 19.8. The molecular formula is C15H23N5O. The van der Waals surface area contributed by atoms with Gasteiger partial charge in [0.05, 0.1) is 17.6 Å². The summed E-state index contributed by atoms with van der Waals surface area (Å²) in [7, 11) is 0. The van der Waals surface area contributed by atoms with Crippen molar-refractivity contribution in [2.24, 2.45) is 0 Å². The van der Waals surface area contributed by atoms with Crippen LogP contribution in [0.25, 0.3) is 0 Å². The Kier molecular flexibility index (Phi) is 4.13. The van der Waals surface area contributed by atoms with Gasteiger partial charge in [-0.05, 0) is 18.9 Å². The topological polar surface area (TPSA) is 74.5 Å². The first kappa shape index (κ1) is 14.0. The lowest BCUT2D eigenvalue weighted by atomic mass is 10.2. The zero-order chi connectivity index (χ0) is 14.7. The number of urea groups is 1. The number of anilines is 2. The lowest BCUT2D eigenvalue weighted by Crippen LogP contribution is -2.53. The van der Waals surface area contributed by atoms with Gasteiger partial charge in [-0.1, -0.05) is 12.8 Å². The number of nitrogens with one attached hydrogen (secondary N) is 1. The van der Waals surface area contributed by atoms with Crippen molar-refractivity contribution in [1.82, 2.24) is 15.2 Å². The summed E-state index contributed by atoms with van der Waals surface area (Å²) in [5, 5.41) is 3.15. The van der Waals surface area contributed by atoms with Gasteiger partial charge in [-0.15, -0.1) is 0 Å². The molecule has 21 heavy (non-hydrogen) atoms. The summed E-state index contributed by atoms with van der Waals surface area (Å²) in [6.45, 7) is 3.10. The number of amides is 2. The average molecular weight is 289 g/mol. The van der Waals surface area contributed by atoms with Crippen LogP contribution in [0.5, 0.6) is 0 Å². The largest absolute Gasteiger partial charge is 0.396 e. The second-order valence-electron chi connectivity index (χ2n) is 5.84. The summed E-state index contributed by atoms with van der Waals surface area (Å²) in [6, 6.07) is 2.40. The molecule has 0 radical (unpaired) electrons. The molecule has 3 rings (SSSR count). The van der Waals surface area contributed by atoms with E-state index in [0.717, 1.165) is 44.7 Å². The van der Waals surface area contributed by atoms with Gasteiger partial charge in [-0.3, -0.25) is 4.98 Å². The molecule has 1 aliphatic carbocycles. The van der Waals surface area contributed by atoms with E-state index in [0.29, 0.717) is 11.7 Å². The lowest BCUT2D eigenvalue weighted by molar-refractivity contribution is 0.190. The Morgan fingerprint density at radius 3 is 2.62 bits per heavy atom. The van der Waals surface area contributed by atoms with E-state index in [9.17, 15) is 4.79 Å². The van der Waals surface area contributed by atoms with E-state index in [-0.39, 0.29) is 6.03 Å². The maximum Gasteiger partial charge on any atom is 0.317 e. The van der Waals surface area contributed by atoms with Crippen LogP contribution in [-0.2, 0) is 0 Å². The number of pyridine rings is 1. The molecule has 2 heterocycles. The molecule has 0 bridgehead atoms. The molecule has 1 saturated carbocycles. The van der Waals surface area contributed by atoms with Crippen LogP contribution in [0.15, 0.2) is 18.5 Å². The minimum Gasteiger partial charge on any atom is -0.396 e. The predicted octanol–water partition coefficient (Wildman–Crippen LogP) is 1.44. The van der Waals surface area contributed by atoms with Crippen molar-refractivity contribution in [2.75, 3.05) is 36.8 Å². The summed E-state index contributed by atoms with van der Waals surface area (Å²) >= 11 is 0. The number of nitrogens with two attached hydrogens (primary N) is 1. The zero-order valence-corrected chi connectivity index (χ0v) is 12.3. The number of carbonyl (C=O) groups excluding carboxylic acids is 1. The van der Waals surface area contributed by atoms with Gasteiger partial charge in [0.1, 0.15) is 0 Å². The molecule has 2 amide bonds. The number of nitrogen functional groups attached to an aromatic ring is 1. The van der Waals surface area contributed by atoms with Crippen LogP contribution in [-0.4, -0.2) is 48.1 Å². The quantitative estimate of drug-likeness (QED) is 0.864. The molecule has 0 unspecified atom stereocenters. The minimum atomic E-state index is 0.0873. The highest BCUT2D eigenvalue weighted by Gasteiger charge is 2.24. The molecule has 1 saturated heterocycles. The van der Waals surface area contributed by atoms with E-state index in [1.54, 1.807) is 12.4 Å². The molecule has 1 aliphatic heterocycles.